The van der Waals surface area contributed by atoms with E-state index in [4.69, 9.17) is 0 Å². The van der Waals surface area contributed by atoms with Gasteiger partial charge in [-0.1, -0.05) is 89.5 Å². The Kier molecular flexibility index (Phi) is 11.7. The Bertz CT molecular complexity index is 265. The third-order valence-electron chi connectivity index (χ3n) is 7.98. The van der Waals surface area contributed by atoms with Crippen LogP contribution < -0.4 is 0 Å². The van der Waals surface area contributed by atoms with E-state index in [2.05, 4.69) is 83.1 Å². The Morgan fingerprint density at radius 3 is 0.720 bits per heavy atom. The van der Waals surface area contributed by atoms with Crippen LogP contribution in [0.4, 0.5) is 0 Å². The van der Waals surface area contributed by atoms with Crippen molar-refractivity contribution in [2.75, 3.05) is 0 Å². The predicted molar refractivity (Wildman–Crippen MR) is 117 cm³/mol. The van der Waals surface area contributed by atoms with Crippen LogP contribution in [0.5, 0.6) is 0 Å². The molecule has 0 heteroatoms. The normalized spacial score (nSPS) is 20.2. The molecule has 0 aromatic carbocycles. The maximum Gasteiger partial charge on any atom is -0.0358 e. The molecule has 0 N–H and O–H groups in total. The van der Waals surface area contributed by atoms with Crippen LogP contribution in [0, 0.1) is 59.2 Å². The summed E-state index contributed by atoms with van der Waals surface area (Å²) in [5.74, 6) is 8.28. The van der Waals surface area contributed by atoms with Crippen LogP contribution in [0.25, 0.3) is 0 Å². The van der Waals surface area contributed by atoms with E-state index in [1.165, 1.54) is 19.3 Å². The fourth-order valence-electron chi connectivity index (χ4n) is 4.58. The Morgan fingerprint density at radius 2 is 0.560 bits per heavy atom. The summed E-state index contributed by atoms with van der Waals surface area (Å²) in [6.45, 7) is 29.3. The van der Waals surface area contributed by atoms with Crippen LogP contribution in [0.15, 0.2) is 0 Å². The van der Waals surface area contributed by atoms with E-state index in [-0.39, 0.29) is 0 Å². The molecule has 0 saturated carbocycles. The van der Waals surface area contributed by atoms with Gasteiger partial charge in [-0.3, -0.25) is 0 Å². The first-order valence-corrected chi connectivity index (χ1v) is 11.4. The lowest BCUT2D eigenvalue weighted by atomic mass is 9.69. The zero-order valence-corrected chi connectivity index (χ0v) is 19.9. The van der Waals surface area contributed by atoms with E-state index < -0.39 is 0 Å². The molecule has 0 aliphatic carbocycles. The smallest absolute Gasteiger partial charge is 0.0358 e. The molecular formula is C25H52. The van der Waals surface area contributed by atoms with Gasteiger partial charge < -0.3 is 0 Å². The van der Waals surface area contributed by atoms with E-state index in [0.29, 0.717) is 0 Å². The van der Waals surface area contributed by atoms with Gasteiger partial charge in [-0.15, -0.1) is 0 Å². The van der Waals surface area contributed by atoms with Gasteiger partial charge in [0.25, 0.3) is 0 Å². The van der Waals surface area contributed by atoms with E-state index >= 15 is 0 Å². The fraction of sp³-hybridized carbons (Fsp3) is 1.00. The molecule has 0 bridgehead atoms. The Morgan fingerprint density at radius 1 is 0.360 bits per heavy atom. The van der Waals surface area contributed by atoms with Crippen molar-refractivity contribution in [2.45, 2.75) is 102 Å². The minimum Gasteiger partial charge on any atom is -0.0625 e. The molecule has 0 aliphatic heterocycles. The quantitative estimate of drug-likeness (QED) is 0.330. The molecule has 0 heterocycles. The summed E-state index contributed by atoms with van der Waals surface area (Å²) in [6, 6.07) is 0. The maximum absolute atomic E-state index is 2.50. The number of hydrogen-bond acceptors (Lipinski definition) is 0. The number of rotatable bonds is 12. The van der Waals surface area contributed by atoms with Gasteiger partial charge in [0.1, 0.15) is 0 Å². The van der Waals surface area contributed by atoms with Crippen LogP contribution in [0.3, 0.4) is 0 Å². The molecule has 0 radical (unpaired) electrons. The van der Waals surface area contributed by atoms with Crippen LogP contribution in [-0.2, 0) is 0 Å². The van der Waals surface area contributed by atoms with Crippen molar-refractivity contribution in [3.63, 3.8) is 0 Å². The van der Waals surface area contributed by atoms with Crippen LogP contribution in [0.1, 0.15) is 102 Å². The summed E-state index contributed by atoms with van der Waals surface area (Å²) in [5.41, 5.74) is 0. The SMILES string of the molecule is CC(C)C(C)C(CCCC(C(C)C(C)C)C(C)C(C)C)C(C)C(C)C. The van der Waals surface area contributed by atoms with E-state index in [0.717, 1.165) is 59.2 Å². The average molecular weight is 353 g/mol. The standard InChI is InChI=1S/C25H52/c1-16(2)20(9)24(21(10)17(3)4)14-13-15-25(22(11)18(5)6)23(12)19(7)8/h16-25H,13-15H2,1-12H3. The second-order valence-electron chi connectivity index (χ2n) is 10.7. The van der Waals surface area contributed by atoms with Gasteiger partial charge in [-0.2, -0.15) is 0 Å². The highest BCUT2D eigenvalue weighted by Crippen LogP contribution is 2.39. The molecule has 0 nitrogen and oxygen atoms in total. The number of hydrogen-bond donors (Lipinski definition) is 0. The lowest BCUT2D eigenvalue weighted by Gasteiger charge is -2.37. The summed E-state index contributed by atoms with van der Waals surface area (Å²) in [6.07, 6.45) is 4.26. The zero-order valence-electron chi connectivity index (χ0n) is 19.9. The first-order valence-electron chi connectivity index (χ1n) is 11.4. The Labute approximate surface area is 161 Å². The summed E-state index contributed by atoms with van der Waals surface area (Å²) in [4.78, 5) is 0. The third kappa shape index (κ3) is 8.04. The maximum atomic E-state index is 2.50. The van der Waals surface area contributed by atoms with E-state index in [1.807, 2.05) is 0 Å². The Hall–Kier alpha value is 0. The zero-order chi connectivity index (χ0) is 19.9. The monoisotopic (exact) mass is 352 g/mol. The molecule has 0 fully saturated rings. The molecule has 25 heavy (non-hydrogen) atoms. The summed E-state index contributed by atoms with van der Waals surface area (Å²) >= 11 is 0. The van der Waals surface area contributed by atoms with Crippen LogP contribution in [-0.4, -0.2) is 0 Å². The molecule has 0 aromatic heterocycles. The van der Waals surface area contributed by atoms with Gasteiger partial charge >= 0.3 is 0 Å². The third-order valence-corrected chi connectivity index (χ3v) is 7.98. The highest BCUT2D eigenvalue weighted by molar-refractivity contribution is 4.80. The van der Waals surface area contributed by atoms with E-state index in [9.17, 15) is 0 Å². The highest BCUT2D eigenvalue weighted by Gasteiger charge is 2.30. The average Bonchev–Trinajstić information content (AvgIpc) is 2.52. The largest absolute Gasteiger partial charge is 0.0625 e. The molecular weight excluding hydrogens is 300 g/mol. The molecule has 0 aromatic rings. The van der Waals surface area contributed by atoms with Crippen molar-refractivity contribution < 1.29 is 0 Å². The summed E-state index contributed by atoms with van der Waals surface area (Å²) in [7, 11) is 0. The molecule has 0 spiro atoms. The van der Waals surface area contributed by atoms with Crippen molar-refractivity contribution in [3.05, 3.63) is 0 Å². The van der Waals surface area contributed by atoms with Crippen molar-refractivity contribution in [3.8, 4) is 0 Å². The van der Waals surface area contributed by atoms with Crippen LogP contribution in [0.2, 0.25) is 0 Å². The Balaban J connectivity index is 4.99. The summed E-state index contributed by atoms with van der Waals surface area (Å²) in [5, 5.41) is 0. The van der Waals surface area contributed by atoms with Crippen LogP contribution >= 0.6 is 0 Å². The second-order valence-corrected chi connectivity index (χ2v) is 10.7. The van der Waals surface area contributed by atoms with Crippen molar-refractivity contribution in [2.24, 2.45) is 59.2 Å². The molecule has 4 atom stereocenters. The molecule has 4 unspecified atom stereocenters. The van der Waals surface area contributed by atoms with Gasteiger partial charge in [0.05, 0.1) is 0 Å². The summed E-state index contributed by atoms with van der Waals surface area (Å²) < 4.78 is 0. The van der Waals surface area contributed by atoms with Crippen molar-refractivity contribution >= 4 is 0 Å². The highest BCUT2D eigenvalue weighted by atomic mass is 14.4. The van der Waals surface area contributed by atoms with E-state index in [1.54, 1.807) is 0 Å². The van der Waals surface area contributed by atoms with Crippen molar-refractivity contribution in [1.29, 1.82) is 0 Å². The minimum absolute atomic E-state index is 0.797. The predicted octanol–water partition coefficient (Wildman–Crippen LogP) is 8.56. The molecule has 152 valence electrons. The van der Waals surface area contributed by atoms with Crippen molar-refractivity contribution in [1.82, 2.24) is 0 Å². The first kappa shape index (κ1) is 25.0. The molecule has 0 rings (SSSR count). The second kappa shape index (κ2) is 11.7. The van der Waals surface area contributed by atoms with Gasteiger partial charge in [0.2, 0.25) is 0 Å². The lowest BCUT2D eigenvalue weighted by molar-refractivity contribution is 0.126. The van der Waals surface area contributed by atoms with Gasteiger partial charge in [0, 0.05) is 0 Å². The fourth-order valence-corrected chi connectivity index (χ4v) is 4.58. The topological polar surface area (TPSA) is 0 Å². The molecule has 0 amide bonds. The van der Waals surface area contributed by atoms with Gasteiger partial charge in [0.15, 0.2) is 0 Å². The lowest BCUT2D eigenvalue weighted by Crippen LogP contribution is -2.29. The minimum atomic E-state index is 0.797. The first-order chi connectivity index (χ1) is 11.4. The van der Waals surface area contributed by atoms with Gasteiger partial charge in [-0.05, 0) is 72.0 Å². The molecule has 0 aliphatic rings. The van der Waals surface area contributed by atoms with Gasteiger partial charge in [-0.25, -0.2) is 0 Å². The molecule has 0 saturated heterocycles.